The third-order valence-corrected chi connectivity index (χ3v) is 3.41. The number of pyridine rings is 1. The van der Waals surface area contributed by atoms with Gasteiger partial charge in [-0.05, 0) is 19.1 Å². The normalized spacial score (nSPS) is 10.3. The number of aryl methyl sites for hydroxylation is 1. The summed E-state index contributed by atoms with van der Waals surface area (Å²) in [6.45, 7) is 4.72. The molecule has 0 saturated heterocycles. The van der Waals surface area contributed by atoms with Crippen LogP contribution in [0, 0.1) is 6.92 Å². The lowest BCUT2D eigenvalue weighted by molar-refractivity contribution is -0.127. The van der Waals surface area contributed by atoms with Crippen LogP contribution in [0.3, 0.4) is 0 Å². The first-order chi connectivity index (χ1) is 11.0. The van der Waals surface area contributed by atoms with Crippen LogP contribution in [-0.2, 0) is 4.79 Å². The Morgan fingerprint density at radius 2 is 1.96 bits per heavy atom. The number of hydrogen-bond donors (Lipinski definition) is 0. The Bertz CT molecular complexity index is 660. The van der Waals surface area contributed by atoms with Crippen LogP contribution in [0.15, 0.2) is 30.7 Å². The summed E-state index contributed by atoms with van der Waals surface area (Å²) in [7, 11) is 3.67. The lowest BCUT2D eigenvalue weighted by Crippen LogP contribution is -2.33. The zero-order chi connectivity index (χ0) is 16.8. The minimum absolute atomic E-state index is 0.0356. The highest BCUT2D eigenvalue weighted by Gasteiger charge is 2.08. The second kappa shape index (κ2) is 7.53. The Morgan fingerprint density at radius 1 is 1.17 bits per heavy atom. The molecule has 0 saturated carbocycles. The number of nitrogens with zero attached hydrogens (tertiary/aromatic N) is 5. The summed E-state index contributed by atoms with van der Waals surface area (Å²) >= 11 is 0. The van der Waals surface area contributed by atoms with Gasteiger partial charge in [-0.1, -0.05) is 0 Å². The summed E-state index contributed by atoms with van der Waals surface area (Å²) in [6.07, 6.45) is 4.86. The molecule has 2 aromatic rings. The van der Waals surface area contributed by atoms with Crippen LogP contribution in [0.5, 0.6) is 11.6 Å². The molecular weight excluding hydrogens is 294 g/mol. The average Bonchev–Trinajstić information content (AvgIpc) is 2.54. The highest BCUT2D eigenvalue weighted by atomic mass is 16.5. The fourth-order valence-electron chi connectivity index (χ4n) is 1.78. The summed E-state index contributed by atoms with van der Waals surface area (Å²) in [4.78, 5) is 27.6. The van der Waals surface area contributed by atoms with Gasteiger partial charge in [0.15, 0.2) is 5.82 Å². The van der Waals surface area contributed by atoms with Gasteiger partial charge in [0, 0.05) is 39.8 Å². The molecule has 0 aromatic carbocycles. The van der Waals surface area contributed by atoms with Crippen LogP contribution < -0.4 is 9.64 Å². The number of amides is 1. The van der Waals surface area contributed by atoms with Gasteiger partial charge >= 0.3 is 0 Å². The number of likely N-dealkylation sites (N-methyl/N-ethyl adjacent to an activating group) is 2. The molecule has 23 heavy (non-hydrogen) atoms. The molecule has 0 aliphatic rings. The standard InChI is InChI=1S/C16H21N5O2/c1-12-5-6-14(9-18-12)23-16-11-17-10-15(19-16)21(4)8-7-20(3)13(2)22/h5-6,9-11H,7-8H2,1-4H3. The number of hydrogen-bond acceptors (Lipinski definition) is 6. The first-order valence-corrected chi connectivity index (χ1v) is 7.31. The van der Waals surface area contributed by atoms with Crippen LogP contribution in [0.2, 0.25) is 0 Å². The molecule has 0 bridgehead atoms. The van der Waals surface area contributed by atoms with Crippen molar-refractivity contribution in [1.29, 1.82) is 0 Å². The number of ether oxygens (including phenoxy) is 1. The molecule has 0 radical (unpaired) electrons. The van der Waals surface area contributed by atoms with Gasteiger partial charge in [0.25, 0.3) is 0 Å². The van der Waals surface area contributed by atoms with Crippen molar-refractivity contribution in [3.63, 3.8) is 0 Å². The van der Waals surface area contributed by atoms with Gasteiger partial charge in [0.05, 0.1) is 18.6 Å². The van der Waals surface area contributed by atoms with Crippen LogP contribution in [0.25, 0.3) is 0 Å². The molecule has 0 aliphatic heterocycles. The number of anilines is 1. The van der Waals surface area contributed by atoms with E-state index in [1.54, 1.807) is 37.5 Å². The molecule has 2 heterocycles. The van der Waals surface area contributed by atoms with Crippen LogP contribution in [0.1, 0.15) is 12.6 Å². The van der Waals surface area contributed by atoms with E-state index in [1.165, 1.54) is 0 Å². The van der Waals surface area contributed by atoms with Gasteiger partial charge in [-0.15, -0.1) is 0 Å². The van der Waals surface area contributed by atoms with E-state index in [2.05, 4.69) is 15.0 Å². The molecule has 1 amide bonds. The highest BCUT2D eigenvalue weighted by molar-refractivity contribution is 5.72. The van der Waals surface area contributed by atoms with Crippen molar-refractivity contribution in [1.82, 2.24) is 19.9 Å². The molecule has 7 heteroatoms. The summed E-state index contributed by atoms with van der Waals surface area (Å²) in [5.74, 6) is 1.73. The SMILES string of the molecule is CC(=O)N(C)CCN(C)c1cncc(Oc2ccc(C)nc2)n1. The first-order valence-electron chi connectivity index (χ1n) is 7.31. The van der Waals surface area contributed by atoms with Gasteiger partial charge in [-0.25, -0.2) is 0 Å². The molecule has 0 spiro atoms. The lowest BCUT2D eigenvalue weighted by atomic mass is 10.4. The summed E-state index contributed by atoms with van der Waals surface area (Å²) in [5.41, 5.74) is 0.923. The van der Waals surface area contributed by atoms with Gasteiger partial charge in [0.1, 0.15) is 5.75 Å². The Morgan fingerprint density at radius 3 is 2.61 bits per heavy atom. The molecule has 0 unspecified atom stereocenters. The first kappa shape index (κ1) is 16.7. The van der Waals surface area contributed by atoms with E-state index in [0.29, 0.717) is 30.5 Å². The van der Waals surface area contributed by atoms with Crippen molar-refractivity contribution in [2.75, 3.05) is 32.1 Å². The van der Waals surface area contributed by atoms with Crippen LogP contribution >= 0.6 is 0 Å². The average molecular weight is 315 g/mol. The van der Waals surface area contributed by atoms with Crippen molar-refractivity contribution in [3.05, 3.63) is 36.4 Å². The number of aromatic nitrogens is 3. The second-order valence-corrected chi connectivity index (χ2v) is 5.31. The quantitative estimate of drug-likeness (QED) is 0.810. The Hall–Kier alpha value is -2.70. The van der Waals surface area contributed by atoms with E-state index in [-0.39, 0.29) is 5.91 Å². The van der Waals surface area contributed by atoms with E-state index in [0.717, 1.165) is 5.69 Å². The van der Waals surface area contributed by atoms with Crippen molar-refractivity contribution in [2.24, 2.45) is 0 Å². The van der Waals surface area contributed by atoms with E-state index in [1.807, 2.05) is 31.0 Å². The topological polar surface area (TPSA) is 71.5 Å². The molecule has 7 nitrogen and oxygen atoms in total. The largest absolute Gasteiger partial charge is 0.436 e. The van der Waals surface area contributed by atoms with Gasteiger partial charge in [0.2, 0.25) is 11.8 Å². The van der Waals surface area contributed by atoms with Crippen LogP contribution in [-0.4, -0.2) is 52.9 Å². The maximum Gasteiger partial charge on any atom is 0.239 e. The van der Waals surface area contributed by atoms with Crippen LogP contribution in [0.4, 0.5) is 5.82 Å². The Labute approximate surface area is 135 Å². The maximum absolute atomic E-state index is 11.2. The molecule has 2 aromatic heterocycles. The highest BCUT2D eigenvalue weighted by Crippen LogP contribution is 2.20. The van der Waals surface area contributed by atoms with Gasteiger partial charge in [-0.2, -0.15) is 4.98 Å². The number of carbonyl (C=O) groups excluding carboxylic acids is 1. The van der Waals surface area contributed by atoms with E-state index in [9.17, 15) is 4.79 Å². The summed E-state index contributed by atoms with van der Waals surface area (Å²) in [6, 6.07) is 3.71. The van der Waals surface area contributed by atoms with Gasteiger partial charge in [-0.3, -0.25) is 14.8 Å². The predicted molar refractivity (Wildman–Crippen MR) is 87.7 cm³/mol. The van der Waals surface area contributed by atoms with Crippen molar-refractivity contribution >= 4 is 11.7 Å². The van der Waals surface area contributed by atoms with E-state index in [4.69, 9.17) is 4.74 Å². The molecule has 0 N–H and O–H groups in total. The fourth-order valence-corrected chi connectivity index (χ4v) is 1.78. The van der Waals surface area contributed by atoms with Crippen molar-refractivity contribution in [2.45, 2.75) is 13.8 Å². The zero-order valence-corrected chi connectivity index (χ0v) is 13.9. The fraction of sp³-hybridized carbons (Fsp3) is 0.375. The monoisotopic (exact) mass is 315 g/mol. The van der Waals surface area contributed by atoms with Crippen molar-refractivity contribution < 1.29 is 9.53 Å². The Balaban J connectivity index is 2.01. The van der Waals surface area contributed by atoms with Crippen molar-refractivity contribution in [3.8, 4) is 11.6 Å². The smallest absolute Gasteiger partial charge is 0.239 e. The molecular formula is C16H21N5O2. The lowest BCUT2D eigenvalue weighted by Gasteiger charge is -2.22. The van der Waals surface area contributed by atoms with E-state index < -0.39 is 0 Å². The maximum atomic E-state index is 11.2. The zero-order valence-electron chi connectivity index (χ0n) is 13.9. The minimum atomic E-state index is 0.0356. The number of carbonyl (C=O) groups is 1. The molecule has 0 atom stereocenters. The molecule has 122 valence electrons. The third-order valence-electron chi connectivity index (χ3n) is 3.41. The summed E-state index contributed by atoms with van der Waals surface area (Å²) in [5, 5.41) is 0. The molecule has 0 aliphatic carbocycles. The second-order valence-electron chi connectivity index (χ2n) is 5.31. The Kier molecular flexibility index (Phi) is 5.46. The third kappa shape index (κ3) is 4.91. The molecule has 2 rings (SSSR count). The predicted octanol–water partition coefficient (Wildman–Crippen LogP) is 1.89. The number of rotatable bonds is 6. The molecule has 0 fully saturated rings. The minimum Gasteiger partial charge on any atom is -0.436 e. The summed E-state index contributed by atoms with van der Waals surface area (Å²) < 4.78 is 5.66. The van der Waals surface area contributed by atoms with Gasteiger partial charge < -0.3 is 14.5 Å². The van der Waals surface area contributed by atoms with E-state index >= 15 is 0 Å².